The monoisotopic (exact) mass is 264 g/mol. The number of rotatable bonds is 5. The van der Waals surface area contributed by atoms with Crippen molar-refractivity contribution in [1.82, 2.24) is 10.4 Å². The summed E-state index contributed by atoms with van der Waals surface area (Å²) in [7, 11) is 3.61. The van der Waals surface area contributed by atoms with Gasteiger partial charge in [-0.25, -0.2) is 5.01 Å². The number of hydrazine groups is 1. The van der Waals surface area contributed by atoms with E-state index in [9.17, 15) is 4.79 Å². The number of aryl methyl sites for hydroxylation is 2. The van der Waals surface area contributed by atoms with Crippen LogP contribution in [0, 0.1) is 6.92 Å². The lowest BCUT2D eigenvalue weighted by molar-refractivity contribution is -0.124. The van der Waals surface area contributed by atoms with E-state index in [1.807, 2.05) is 12.1 Å². The Morgan fingerprint density at radius 3 is 2.68 bits per heavy atom. The highest BCUT2D eigenvalue weighted by molar-refractivity contribution is 5.75. The summed E-state index contributed by atoms with van der Waals surface area (Å²) < 4.78 is 10.7. The molecule has 0 bridgehead atoms. The molecule has 0 aliphatic carbocycles. The fraction of sp³-hybridized carbons (Fsp3) is 0.500. The summed E-state index contributed by atoms with van der Waals surface area (Å²) in [6, 6.07) is 4.01. The van der Waals surface area contributed by atoms with Crippen LogP contribution in [-0.4, -0.2) is 31.8 Å². The van der Waals surface area contributed by atoms with Crippen molar-refractivity contribution in [1.29, 1.82) is 0 Å². The third-order valence-electron chi connectivity index (χ3n) is 3.03. The van der Waals surface area contributed by atoms with Gasteiger partial charge >= 0.3 is 0 Å². The first-order chi connectivity index (χ1) is 9.06. The molecule has 0 unspecified atom stereocenters. The molecule has 1 N–H and O–H groups in total. The van der Waals surface area contributed by atoms with Gasteiger partial charge in [0.25, 0.3) is 0 Å². The second kappa shape index (κ2) is 5.93. The van der Waals surface area contributed by atoms with E-state index in [4.69, 9.17) is 9.47 Å². The molecular weight excluding hydrogens is 244 g/mol. The highest BCUT2D eigenvalue weighted by atomic mass is 16.7. The summed E-state index contributed by atoms with van der Waals surface area (Å²) in [6.45, 7) is 2.35. The van der Waals surface area contributed by atoms with Gasteiger partial charge in [-0.1, -0.05) is 0 Å². The number of nitrogens with zero attached hydrogens (tertiary/aromatic N) is 1. The molecule has 1 aromatic rings. The molecule has 5 nitrogen and oxygen atoms in total. The molecule has 19 heavy (non-hydrogen) atoms. The lowest BCUT2D eigenvalue weighted by Gasteiger charge is -2.12. The van der Waals surface area contributed by atoms with Crippen molar-refractivity contribution in [3.63, 3.8) is 0 Å². The average molecular weight is 264 g/mol. The number of fused-ring (bicyclic) bond motifs is 1. The van der Waals surface area contributed by atoms with Gasteiger partial charge in [0.05, 0.1) is 0 Å². The number of nitrogens with one attached hydrogen (secondary N) is 1. The van der Waals surface area contributed by atoms with Crippen LogP contribution in [0.3, 0.4) is 0 Å². The van der Waals surface area contributed by atoms with E-state index >= 15 is 0 Å². The number of ether oxygens (including phenoxy) is 2. The summed E-state index contributed by atoms with van der Waals surface area (Å²) in [4.78, 5) is 11.5. The number of hydrogen-bond acceptors (Lipinski definition) is 4. The fourth-order valence-electron chi connectivity index (χ4n) is 2.10. The Morgan fingerprint density at radius 1 is 1.32 bits per heavy atom. The van der Waals surface area contributed by atoms with Gasteiger partial charge in [0.15, 0.2) is 11.5 Å². The standard InChI is InChI=1S/C14H20N2O3/c1-10-7-12-13(19-9-18-12)8-11(10)5-4-6-14(17)15-16(2)3/h7-8H,4-6,9H2,1-3H3,(H,15,17). The van der Waals surface area contributed by atoms with E-state index in [0.29, 0.717) is 13.2 Å². The molecule has 0 atom stereocenters. The van der Waals surface area contributed by atoms with Gasteiger partial charge in [-0.3, -0.25) is 10.2 Å². The van der Waals surface area contributed by atoms with E-state index in [-0.39, 0.29) is 5.91 Å². The molecule has 0 saturated carbocycles. The molecular formula is C14H20N2O3. The van der Waals surface area contributed by atoms with E-state index < -0.39 is 0 Å². The first-order valence-electron chi connectivity index (χ1n) is 6.42. The van der Waals surface area contributed by atoms with Gasteiger partial charge in [0.1, 0.15) is 0 Å². The van der Waals surface area contributed by atoms with E-state index in [2.05, 4.69) is 12.3 Å². The predicted octanol–water partition coefficient (Wildman–Crippen LogP) is 1.64. The highest BCUT2D eigenvalue weighted by Crippen LogP contribution is 2.34. The molecule has 0 radical (unpaired) electrons. The van der Waals surface area contributed by atoms with Crippen LogP contribution in [0.1, 0.15) is 24.0 Å². The quantitative estimate of drug-likeness (QED) is 0.821. The fourth-order valence-corrected chi connectivity index (χ4v) is 2.10. The number of benzene rings is 1. The van der Waals surface area contributed by atoms with E-state index in [1.54, 1.807) is 19.1 Å². The Balaban J connectivity index is 1.88. The third-order valence-corrected chi connectivity index (χ3v) is 3.03. The van der Waals surface area contributed by atoms with Gasteiger partial charge in [-0.15, -0.1) is 0 Å². The zero-order valence-electron chi connectivity index (χ0n) is 11.7. The number of carbonyl (C=O) groups excluding carboxylic acids is 1. The Morgan fingerprint density at radius 2 is 2.00 bits per heavy atom. The maximum absolute atomic E-state index is 11.5. The molecule has 5 heteroatoms. The molecule has 0 fully saturated rings. The molecule has 1 aliphatic heterocycles. The lowest BCUT2D eigenvalue weighted by Crippen LogP contribution is -2.35. The predicted molar refractivity (Wildman–Crippen MR) is 72.1 cm³/mol. The van der Waals surface area contributed by atoms with Crippen LogP contribution in [0.15, 0.2) is 12.1 Å². The van der Waals surface area contributed by atoms with Crippen LogP contribution in [-0.2, 0) is 11.2 Å². The van der Waals surface area contributed by atoms with Crippen molar-refractivity contribution in [2.24, 2.45) is 0 Å². The molecule has 104 valence electrons. The summed E-state index contributed by atoms with van der Waals surface area (Å²) in [5.41, 5.74) is 5.12. The zero-order chi connectivity index (χ0) is 13.8. The summed E-state index contributed by atoms with van der Waals surface area (Å²) >= 11 is 0. The van der Waals surface area contributed by atoms with E-state index in [0.717, 1.165) is 24.3 Å². The minimum Gasteiger partial charge on any atom is -0.454 e. The maximum atomic E-state index is 11.5. The largest absolute Gasteiger partial charge is 0.454 e. The molecule has 0 saturated heterocycles. The number of hydrogen-bond donors (Lipinski definition) is 1. The highest BCUT2D eigenvalue weighted by Gasteiger charge is 2.15. The van der Waals surface area contributed by atoms with Crippen LogP contribution in [0.4, 0.5) is 0 Å². The Labute approximate surface area is 113 Å². The lowest BCUT2D eigenvalue weighted by atomic mass is 10.0. The molecule has 0 aromatic heterocycles. The number of carbonyl (C=O) groups is 1. The van der Waals surface area contributed by atoms with Crippen LogP contribution in [0.25, 0.3) is 0 Å². The molecule has 0 spiro atoms. The minimum atomic E-state index is 0.0448. The molecule has 1 amide bonds. The van der Waals surface area contributed by atoms with E-state index in [1.165, 1.54) is 11.1 Å². The van der Waals surface area contributed by atoms with Crippen LogP contribution in [0.5, 0.6) is 11.5 Å². The molecule has 1 aromatic carbocycles. The van der Waals surface area contributed by atoms with Gasteiger partial charge < -0.3 is 9.47 Å². The van der Waals surface area contributed by atoms with Crippen molar-refractivity contribution in [2.45, 2.75) is 26.2 Å². The average Bonchev–Trinajstić information content (AvgIpc) is 2.75. The van der Waals surface area contributed by atoms with Crippen molar-refractivity contribution >= 4 is 5.91 Å². The molecule has 1 heterocycles. The van der Waals surface area contributed by atoms with Gasteiger partial charge in [-0.05, 0) is 43.0 Å². The normalized spacial score (nSPS) is 12.8. The van der Waals surface area contributed by atoms with Gasteiger partial charge in [-0.2, -0.15) is 0 Å². The molecule has 1 aliphatic rings. The third kappa shape index (κ3) is 3.61. The maximum Gasteiger partial charge on any atom is 0.234 e. The van der Waals surface area contributed by atoms with Gasteiger partial charge in [0, 0.05) is 20.5 Å². The summed E-state index contributed by atoms with van der Waals surface area (Å²) in [5.74, 6) is 1.66. The summed E-state index contributed by atoms with van der Waals surface area (Å²) in [6.07, 6.45) is 2.20. The Kier molecular flexibility index (Phi) is 4.27. The van der Waals surface area contributed by atoms with Crippen molar-refractivity contribution in [2.75, 3.05) is 20.9 Å². The molecule has 2 rings (SSSR count). The second-order valence-corrected chi connectivity index (χ2v) is 4.91. The minimum absolute atomic E-state index is 0.0448. The Hall–Kier alpha value is -1.75. The first kappa shape index (κ1) is 13.7. The smallest absolute Gasteiger partial charge is 0.234 e. The van der Waals surface area contributed by atoms with Crippen molar-refractivity contribution in [3.05, 3.63) is 23.3 Å². The SMILES string of the molecule is Cc1cc2c(cc1CCCC(=O)NN(C)C)OCO2. The first-order valence-corrected chi connectivity index (χ1v) is 6.42. The topological polar surface area (TPSA) is 50.8 Å². The van der Waals surface area contributed by atoms with Crippen LogP contribution in [0.2, 0.25) is 0 Å². The number of amides is 1. The van der Waals surface area contributed by atoms with Crippen molar-refractivity contribution in [3.8, 4) is 11.5 Å². The zero-order valence-corrected chi connectivity index (χ0v) is 11.7. The second-order valence-electron chi connectivity index (χ2n) is 4.91. The van der Waals surface area contributed by atoms with Crippen LogP contribution >= 0.6 is 0 Å². The summed E-state index contributed by atoms with van der Waals surface area (Å²) in [5, 5.41) is 1.66. The Bertz CT molecular complexity index is 472. The van der Waals surface area contributed by atoms with Crippen LogP contribution < -0.4 is 14.9 Å². The van der Waals surface area contributed by atoms with Gasteiger partial charge in [0.2, 0.25) is 12.7 Å². The van der Waals surface area contributed by atoms with Crippen molar-refractivity contribution < 1.29 is 14.3 Å².